The van der Waals surface area contributed by atoms with Crippen LogP contribution in [-0.4, -0.2) is 37.6 Å². The molecule has 1 atom stereocenters. The Morgan fingerprint density at radius 3 is 2.81 bits per heavy atom. The summed E-state index contributed by atoms with van der Waals surface area (Å²) in [6.07, 6.45) is 0.451. The van der Waals surface area contributed by atoms with E-state index in [2.05, 4.69) is 20.4 Å². The van der Waals surface area contributed by atoms with Crippen LogP contribution in [0.4, 0.5) is 5.69 Å². The van der Waals surface area contributed by atoms with E-state index in [1.54, 1.807) is 43.5 Å². The Labute approximate surface area is 148 Å². The molecule has 0 saturated heterocycles. The summed E-state index contributed by atoms with van der Waals surface area (Å²) in [6.45, 7) is 3.21. The second-order valence-corrected chi connectivity index (χ2v) is 5.43. The van der Waals surface area contributed by atoms with Crippen LogP contribution in [0.15, 0.2) is 36.5 Å². The maximum Gasteiger partial charge on any atom is 0.379 e. The van der Waals surface area contributed by atoms with Crippen molar-refractivity contribution >= 4 is 23.3 Å². The highest BCUT2D eigenvalue weighted by Gasteiger charge is 2.23. The summed E-state index contributed by atoms with van der Waals surface area (Å²) in [6, 6.07) is 10.2. The minimum atomic E-state index is -1.10. The highest BCUT2D eigenvalue weighted by atomic mass is 16.5. The van der Waals surface area contributed by atoms with Gasteiger partial charge >= 0.3 is 5.97 Å². The van der Waals surface area contributed by atoms with Gasteiger partial charge in [-0.05, 0) is 32.0 Å². The summed E-state index contributed by atoms with van der Waals surface area (Å²) < 4.78 is 6.52. The molecule has 1 aromatic carbocycles. The molecule has 9 heteroatoms. The number of aryl methyl sites for hydroxylation is 1. The number of aromatic nitrogens is 4. The molecule has 9 nitrogen and oxygen atoms in total. The molecule has 0 spiro atoms. The number of hydrogen-bond donors (Lipinski definition) is 1. The third kappa shape index (κ3) is 3.34. The van der Waals surface area contributed by atoms with E-state index in [9.17, 15) is 9.59 Å². The number of esters is 1. The van der Waals surface area contributed by atoms with E-state index in [1.165, 1.54) is 11.4 Å². The fraction of sp³-hybridized carbons (Fsp3) is 0.176. The zero-order chi connectivity index (χ0) is 18.7. The van der Waals surface area contributed by atoms with E-state index in [4.69, 9.17) is 10.00 Å². The fourth-order valence-electron chi connectivity index (χ4n) is 2.18. The van der Waals surface area contributed by atoms with E-state index in [0.29, 0.717) is 11.3 Å². The molecule has 130 valence electrons. The first-order chi connectivity index (χ1) is 12.5. The molecule has 2 heterocycles. The third-order valence-electron chi connectivity index (χ3n) is 3.57. The van der Waals surface area contributed by atoms with Crippen LogP contribution in [0.1, 0.15) is 28.8 Å². The Kier molecular flexibility index (Phi) is 4.57. The van der Waals surface area contributed by atoms with Crippen molar-refractivity contribution in [3.8, 4) is 6.07 Å². The summed E-state index contributed by atoms with van der Waals surface area (Å²) >= 11 is 0. The lowest BCUT2D eigenvalue weighted by atomic mass is 10.2. The number of carbonyl (C=O) groups excluding carboxylic acids is 2. The summed E-state index contributed by atoms with van der Waals surface area (Å²) in [4.78, 5) is 32.4. The van der Waals surface area contributed by atoms with Crippen LogP contribution < -0.4 is 5.32 Å². The van der Waals surface area contributed by atoms with E-state index in [1.807, 2.05) is 6.07 Å². The van der Waals surface area contributed by atoms with Gasteiger partial charge in [-0.1, -0.05) is 12.1 Å². The molecule has 1 amide bonds. The van der Waals surface area contributed by atoms with Gasteiger partial charge in [-0.15, -0.1) is 5.10 Å². The van der Waals surface area contributed by atoms with Crippen LogP contribution in [0.2, 0.25) is 0 Å². The third-order valence-corrected chi connectivity index (χ3v) is 3.57. The van der Waals surface area contributed by atoms with Crippen molar-refractivity contribution in [2.45, 2.75) is 20.0 Å². The molecule has 0 radical (unpaired) electrons. The van der Waals surface area contributed by atoms with Crippen molar-refractivity contribution in [1.82, 2.24) is 19.6 Å². The SMILES string of the molecule is Cc1ccnc2nc(C(=O)O[C@H](C)C(=O)Nc3ccccc3C#N)nn12. The molecule has 0 saturated carbocycles. The number of ether oxygens (including phenoxy) is 1. The molecule has 0 aliphatic carbocycles. The Balaban J connectivity index is 1.71. The molecule has 1 N–H and O–H groups in total. The number of nitriles is 1. The van der Waals surface area contributed by atoms with Crippen LogP contribution in [0.3, 0.4) is 0 Å². The number of amides is 1. The maximum absolute atomic E-state index is 12.2. The lowest BCUT2D eigenvalue weighted by Gasteiger charge is -2.13. The molecule has 3 aromatic rings. The number of para-hydroxylation sites is 1. The second kappa shape index (κ2) is 6.98. The number of carbonyl (C=O) groups is 2. The van der Waals surface area contributed by atoms with E-state index < -0.39 is 18.0 Å². The van der Waals surface area contributed by atoms with E-state index >= 15 is 0 Å². The Bertz CT molecular complexity index is 1040. The van der Waals surface area contributed by atoms with Gasteiger partial charge in [-0.3, -0.25) is 4.79 Å². The average molecular weight is 350 g/mol. The van der Waals surface area contributed by atoms with Crippen LogP contribution in [0, 0.1) is 18.3 Å². The highest BCUT2D eigenvalue weighted by molar-refractivity contribution is 5.97. The molecule has 0 unspecified atom stereocenters. The summed E-state index contributed by atoms with van der Waals surface area (Å²) in [7, 11) is 0. The first kappa shape index (κ1) is 17.0. The minimum Gasteiger partial charge on any atom is -0.447 e. The number of fused-ring (bicyclic) bond motifs is 1. The topological polar surface area (TPSA) is 122 Å². The van der Waals surface area contributed by atoms with Gasteiger partial charge < -0.3 is 10.1 Å². The van der Waals surface area contributed by atoms with Crippen molar-refractivity contribution in [3.05, 3.63) is 53.6 Å². The molecule has 26 heavy (non-hydrogen) atoms. The number of benzene rings is 1. The van der Waals surface area contributed by atoms with Gasteiger partial charge in [0.25, 0.3) is 17.5 Å². The highest BCUT2D eigenvalue weighted by Crippen LogP contribution is 2.14. The van der Waals surface area contributed by atoms with Crippen LogP contribution in [0.5, 0.6) is 0 Å². The lowest BCUT2D eigenvalue weighted by Crippen LogP contribution is -2.30. The predicted octanol–water partition coefficient (Wildman–Crippen LogP) is 1.49. The van der Waals surface area contributed by atoms with Crippen molar-refractivity contribution in [2.75, 3.05) is 5.32 Å². The zero-order valence-corrected chi connectivity index (χ0v) is 14.0. The number of nitrogens with zero attached hydrogens (tertiary/aromatic N) is 5. The summed E-state index contributed by atoms with van der Waals surface area (Å²) in [5.74, 6) is -1.34. The predicted molar refractivity (Wildman–Crippen MR) is 90.2 cm³/mol. The Hall–Kier alpha value is -3.80. The van der Waals surface area contributed by atoms with E-state index in [0.717, 1.165) is 5.69 Å². The van der Waals surface area contributed by atoms with Gasteiger partial charge in [0.1, 0.15) is 6.07 Å². The molecular weight excluding hydrogens is 336 g/mol. The molecule has 2 aromatic heterocycles. The lowest BCUT2D eigenvalue weighted by molar-refractivity contribution is -0.123. The van der Waals surface area contributed by atoms with Crippen LogP contribution in [-0.2, 0) is 9.53 Å². The molecule has 0 aliphatic heterocycles. The van der Waals surface area contributed by atoms with Crippen molar-refractivity contribution < 1.29 is 14.3 Å². The van der Waals surface area contributed by atoms with Gasteiger partial charge in [0.15, 0.2) is 6.10 Å². The normalized spacial score (nSPS) is 11.6. The number of nitrogens with one attached hydrogen (secondary N) is 1. The van der Waals surface area contributed by atoms with Crippen LogP contribution in [0.25, 0.3) is 5.78 Å². The molecule has 0 bridgehead atoms. The smallest absolute Gasteiger partial charge is 0.379 e. The van der Waals surface area contributed by atoms with Gasteiger partial charge in [0, 0.05) is 11.9 Å². The second-order valence-electron chi connectivity index (χ2n) is 5.43. The van der Waals surface area contributed by atoms with Crippen LogP contribution >= 0.6 is 0 Å². The number of anilines is 1. The first-order valence-electron chi connectivity index (χ1n) is 7.69. The minimum absolute atomic E-state index is 0.191. The van der Waals surface area contributed by atoms with Crippen molar-refractivity contribution in [1.29, 1.82) is 5.26 Å². The molecule has 0 fully saturated rings. The zero-order valence-electron chi connectivity index (χ0n) is 14.0. The fourth-order valence-corrected chi connectivity index (χ4v) is 2.18. The summed E-state index contributed by atoms with van der Waals surface area (Å²) in [5, 5.41) is 15.6. The first-order valence-corrected chi connectivity index (χ1v) is 7.69. The van der Waals surface area contributed by atoms with Crippen molar-refractivity contribution in [3.63, 3.8) is 0 Å². The van der Waals surface area contributed by atoms with Gasteiger partial charge in [0.2, 0.25) is 0 Å². The number of rotatable bonds is 4. The maximum atomic E-state index is 12.2. The average Bonchev–Trinajstić information content (AvgIpc) is 3.08. The van der Waals surface area contributed by atoms with Crippen molar-refractivity contribution in [2.24, 2.45) is 0 Å². The van der Waals surface area contributed by atoms with Gasteiger partial charge in [-0.2, -0.15) is 10.2 Å². The standard InChI is InChI=1S/C17H14N6O3/c1-10-7-8-19-17-21-14(22-23(10)17)16(25)26-11(2)15(24)20-13-6-4-3-5-12(13)9-18/h3-8,11H,1-2H3,(H,20,24)/t11-/m1/s1. The summed E-state index contributed by atoms with van der Waals surface area (Å²) in [5.41, 5.74) is 1.40. The molecule has 0 aliphatic rings. The molecule has 3 rings (SSSR count). The Morgan fingerprint density at radius 1 is 1.31 bits per heavy atom. The molecular formula is C17H14N6O3. The monoisotopic (exact) mass is 350 g/mol. The number of hydrogen-bond acceptors (Lipinski definition) is 7. The van der Waals surface area contributed by atoms with E-state index in [-0.39, 0.29) is 11.6 Å². The van der Waals surface area contributed by atoms with Gasteiger partial charge in [0.05, 0.1) is 11.3 Å². The largest absolute Gasteiger partial charge is 0.447 e. The Morgan fingerprint density at radius 2 is 2.08 bits per heavy atom. The van der Waals surface area contributed by atoms with Gasteiger partial charge in [-0.25, -0.2) is 14.3 Å². The quantitative estimate of drug-likeness (QED) is 0.707.